The summed E-state index contributed by atoms with van der Waals surface area (Å²) in [5.74, 6) is -3.23. The van der Waals surface area contributed by atoms with Crippen molar-refractivity contribution in [2.45, 2.75) is 0 Å². The maximum Gasteiger partial charge on any atom is 0.271 e. The number of hydrogen-bond donors (Lipinski definition) is 0. The average Bonchev–Trinajstić information content (AvgIpc) is 2.79. The topological polar surface area (TPSA) is 9.23 Å². The minimum atomic E-state index is -2.05. The van der Waals surface area contributed by atoms with Gasteiger partial charge in [0.1, 0.15) is 35.6 Å². The largest absolute Gasteiger partial charge is 0.489 e. The lowest BCUT2D eigenvalue weighted by Gasteiger charge is -2.12. The summed E-state index contributed by atoms with van der Waals surface area (Å²) in [5, 5.41) is 0.299. The summed E-state index contributed by atoms with van der Waals surface area (Å²) in [6.07, 6.45) is -0.150. The molecule has 0 heterocycles. The molecule has 1 nitrogen and oxygen atoms in total. The summed E-state index contributed by atoms with van der Waals surface area (Å²) in [4.78, 5) is 0. The van der Waals surface area contributed by atoms with Gasteiger partial charge in [0.15, 0.2) is 0 Å². The van der Waals surface area contributed by atoms with Crippen LogP contribution >= 0.6 is 0 Å². The van der Waals surface area contributed by atoms with Crippen molar-refractivity contribution in [2.75, 3.05) is 6.61 Å². The van der Waals surface area contributed by atoms with Crippen LogP contribution in [-0.2, 0) is 0 Å². The fourth-order valence-electron chi connectivity index (χ4n) is 3.67. The van der Waals surface area contributed by atoms with Gasteiger partial charge >= 0.3 is 0 Å². The van der Waals surface area contributed by atoms with Crippen molar-refractivity contribution in [2.24, 2.45) is 0 Å². The standard InChI is InChI=1S/C27H16F6O/c1-2-9-34-19-6-8-20(22(28)14-19)18-11-23(29)26(24(30)12-18)16-5-7-21-15(10-16)3-4-17(27(21)33)13-25(31)32/h2-8,10-14H,1,9H2. The van der Waals surface area contributed by atoms with E-state index < -0.39 is 29.3 Å². The van der Waals surface area contributed by atoms with Gasteiger partial charge in [-0.25, -0.2) is 17.6 Å². The van der Waals surface area contributed by atoms with Gasteiger partial charge in [-0.05, 0) is 46.8 Å². The Kier molecular flexibility index (Phi) is 6.45. The van der Waals surface area contributed by atoms with Gasteiger partial charge in [0.05, 0.1) is 5.56 Å². The van der Waals surface area contributed by atoms with E-state index in [1.807, 2.05) is 0 Å². The number of rotatable bonds is 6. The zero-order valence-corrected chi connectivity index (χ0v) is 17.5. The summed E-state index contributed by atoms with van der Waals surface area (Å²) in [6, 6.07) is 12.4. The van der Waals surface area contributed by atoms with Gasteiger partial charge < -0.3 is 4.74 Å². The molecule has 0 atom stereocenters. The van der Waals surface area contributed by atoms with E-state index in [9.17, 15) is 26.3 Å². The lowest BCUT2D eigenvalue weighted by molar-refractivity contribution is 0.361. The molecular formula is C27H16F6O. The van der Waals surface area contributed by atoms with E-state index in [1.165, 1.54) is 42.5 Å². The van der Waals surface area contributed by atoms with Gasteiger partial charge in [-0.2, -0.15) is 8.78 Å². The molecule has 0 aliphatic carbocycles. The van der Waals surface area contributed by atoms with Crippen molar-refractivity contribution in [1.82, 2.24) is 0 Å². The van der Waals surface area contributed by atoms with E-state index in [0.29, 0.717) is 6.08 Å². The highest BCUT2D eigenvalue weighted by Crippen LogP contribution is 2.35. The molecule has 0 aromatic heterocycles. The van der Waals surface area contributed by atoms with Gasteiger partial charge in [0.2, 0.25) is 0 Å². The molecule has 0 fully saturated rings. The SMILES string of the molecule is C=CCOc1ccc(-c2cc(F)c(-c3ccc4c(F)c(C=C(F)F)ccc4c3)c(F)c2)c(F)c1. The fraction of sp³-hybridized carbons (Fsp3) is 0.0370. The zero-order chi connectivity index (χ0) is 24.4. The minimum absolute atomic E-state index is 0.0111. The number of halogens is 6. The molecule has 0 spiro atoms. The summed E-state index contributed by atoms with van der Waals surface area (Å²) in [7, 11) is 0. The lowest BCUT2D eigenvalue weighted by atomic mass is 9.96. The van der Waals surface area contributed by atoms with Crippen LogP contribution in [0.4, 0.5) is 26.3 Å². The maximum atomic E-state index is 15.0. The van der Waals surface area contributed by atoms with Crippen molar-refractivity contribution >= 4 is 16.8 Å². The van der Waals surface area contributed by atoms with Gasteiger partial charge in [0.25, 0.3) is 6.08 Å². The van der Waals surface area contributed by atoms with E-state index in [0.717, 1.165) is 24.3 Å². The quantitative estimate of drug-likeness (QED) is 0.203. The lowest BCUT2D eigenvalue weighted by Crippen LogP contribution is -1.96. The summed E-state index contributed by atoms with van der Waals surface area (Å²) in [6.45, 7) is 3.68. The summed E-state index contributed by atoms with van der Waals surface area (Å²) >= 11 is 0. The van der Waals surface area contributed by atoms with Crippen LogP contribution in [-0.4, -0.2) is 6.61 Å². The summed E-state index contributed by atoms with van der Waals surface area (Å²) < 4.78 is 89.3. The smallest absolute Gasteiger partial charge is 0.271 e. The molecule has 0 bridgehead atoms. The molecule has 7 heteroatoms. The highest BCUT2D eigenvalue weighted by atomic mass is 19.3. The molecule has 4 aromatic rings. The Bertz CT molecular complexity index is 1410. The van der Waals surface area contributed by atoms with Gasteiger partial charge in [-0.15, -0.1) is 0 Å². The molecule has 34 heavy (non-hydrogen) atoms. The van der Waals surface area contributed by atoms with Gasteiger partial charge in [-0.3, -0.25) is 0 Å². The Labute approximate surface area is 191 Å². The van der Waals surface area contributed by atoms with Gasteiger partial charge in [-0.1, -0.05) is 36.9 Å². The normalized spacial score (nSPS) is 10.9. The number of hydrogen-bond acceptors (Lipinski definition) is 1. The molecule has 4 rings (SSSR count). The van der Waals surface area contributed by atoms with Crippen molar-refractivity contribution < 1.29 is 31.1 Å². The molecular weight excluding hydrogens is 454 g/mol. The molecule has 0 aliphatic rings. The van der Waals surface area contributed by atoms with Crippen molar-refractivity contribution in [3.8, 4) is 28.0 Å². The molecule has 0 aliphatic heterocycles. The minimum Gasteiger partial charge on any atom is -0.489 e. The molecule has 0 unspecified atom stereocenters. The second kappa shape index (κ2) is 9.47. The fourth-order valence-corrected chi connectivity index (χ4v) is 3.67. The first-order chi connectivity index (χ1) is 16.3. The van der Waals surface area contributed by atoms with Crippen LogP contribution in [0.25, 0.3) is 39.1 Å². The van der Waals surface area contributed by atoms with Crippen LogP contribution in [0.15, 0.2) is 79.4 Å². The zero-order valence-electron chi connectivity index (χ0n) is 17.5. The summed E-state index contributed by atoms with van der Waals surface area (Å²) in [5.41, 5.74) is -0.595. The first-order valence-electron chi connectivity index (χ1n) is 10.1. The second-order valence-electron chi connectivity index (χ2n) is 7.39. The second-order valence-corrected chi connectivity index (χ2v) is 7.39. The third-order valence-electron chi connectivity index (χ3n) is 5.20. The van der Waals surface area contributed by atoms with Crippen LogP contribution in [0.2, 0.25) is 0 Å². The van der Waals surface area contributed by atoms with Crippen LogP contribution in [0, 0.1) is 23.3 Å². The van der Waals surface area contributed by atoms with E-state index in [-0.39, 0.29) is 50.9 Å². The molecule has 0 N–H and O–H groups in total. The predicted molar refractivity (Wildman–Crippen MR) is 121 cm³/mol. The molecule has 172 valence electrons. The van der Waals surface area contributed by atoms with E-state index in [2.05, 4.69) is 6.58 Å². The first-order valence-corrected chi connectivity index (χ1v) is 10.1. The van der Waals surface area contributed by atoms with Crippen LogP contribution in [0.5, 0.6) is 5.75 Å². The van der Waals surface area contributed by atoms with Crippen LogP contribution < -0.4 is 4.74 Å². The Morgan fingerprint density at radius 2 is 1.53 bits per heavy atom. The van der Waals surface area contributed by atoms with E-state index in [1.54, 1.807) is 0 Å². The Hall–Kier alpha value is -4.00. The Morgan fingerprint density at radius 1 is 0.794 bits per heavy atom. The van der Waals surface area contributed by atoms with Gasteiger partial charge in [0, 0.05) is 28.7 Å². The van der Waals surface area contributed by atoms with E-state index >= 15 is 0 Å². The van der Waals surface area contributed by atoms with Crippen molar-refractivity contribution in [1.29, 1.82) is 0 Å². The third-order valence-corrected chi connectivity index (χ3v) is 5.20. The molecule has 0 radical (unpaired) electrons. The monoisotopic (exact) mass is 470 g/mol. The number of fused-ring (bicyclic) bond motifs is 1. The maximum absolute atomic E-state index is 15.0. The van der Waals surface area contributed by atoms with E-state index in [4.69, 9.17) is 4.74 Å². The Morgan fingerprint density at radius 3 is 2.18 bits per heavy atom. The Balaban J connectivity index is 1.74. The van der Waals surface area contributed by atoms with Crippen LogP contribution in [0.3, 0.4) is 0 Å². The molecule has 4 aromatic carbocycles. The van der Waals surface area contributed by atoms with Crippen LogP contribution in [0.1, 0.15) is 5.56 Å². The van der Waals surface area contributed by atoms with Crippen molar-refractivity contribution in [3.63, 3.8) is 0 Å². The molecule has 0 saturated carbocycles. The third kappa shape index (κ3) is 4.55. The molecule has 0 saturated heterocycles. The van der Waals surface area contributed by atoms with Crippen molar-refractivity contribution in [3.05, 3.63) is 108 Å². The number of ether oxygens (including phenoxy) is 1. The predicted octanol–water partition coefficient (Wildman–Crippen LogP) is 8.53. The number of benzene rings is 4. The molecule has 0 amide bonds. The highest BCUT2D eigenvalue weighted by molar-refractivity contribution is 5.90. The highest BCUT2D eigenvalue weighted by Gasteiger charge is 2.17. The first kappa shape index (κ1) is 23.2. The average molecular weight is 470 g/mol.